The minimum atomic E-state index is -3.34. The standard InChI is InChI=1S/C15H23BrN2O3S.ClH/c1-21-12-15(6-8-17-9-7-15)11-18-22(19,20)10-13-2-4-14(16)5-3-13;/h2-5,17-18H,6-12H2,1H3;1H. The monoisotopic (exact) mass is 426 g/mol. The maximum Gasteiger partial charge on any atom is 0.215 e. The number of hydrogen-bond acceptors (Lipinski definition) is 4. The highest BCUT2D eigenvalue weighted by Crippen LogP contribution is 2.28. The summed E-state index contributed by atoms with van der Waals surface area (Å²) in [5.41, 5.74) is 0.675. The second-order valence-corrected chi connectivity index (χ2v) is 8.61. The Morgan fingerprint density at radius 2 is 1.87 bits per heavy atom. The van der Waals surface area contributed by atoms with Crippen LogP contribution in [0.15, 0.2) is 28.7 Å². The van der Waals surface area contributed by atoms with Gasteiger partial charge in [0.25, 0.3) is 0 Å². The molecule has 1 aliphatic heterocycles. The number of nitrogens with one attached hydrogen (secondary N) is 2. The van der Waals surface area contributed by atoms with E-state index in [-0.39, 0.29) is 23.6 Å². The predicted molar refractivity (Wildman–Crippen MR) is 98.4 cm³/mol. The molecule has 1 saturated heterocycles. The molecule has 2 N–H and O–H groups in total. The largest absolute Gasteiger partial charge is 0.384 e. The van der Waals surface area contributed by atoms with E-state index in [0.717, 1.165) is 36.0 Å². The van der Waals surface area contributed by atoms with Crippen LogP contribution in [0.3, 0.4) is 0 Å². The van der Waals surface area contributed by atoms with Crippen molar-refractivity contribution in [2.75, 3.05) is 33.4 Å². The van der Waals surface area contributed by atoms with E-state index in [2.05, 4.69) is 26.0 Å². The molecule has 2 rings (SSSR count). The lowest BCUT2D eigenvalue weighted by Crippen LogP contribution is -2.47. The molecule has 1 aromatic carbocycles. The highest BCUT2D eigenvalue weighted by molar-refractivity contribution is 9.10. The fourth-order valence-corrected chi connectivity index (χ4v) is 4.27. The van der Waals surface area contributed by atoms with Crippen LogP contribution in [0, 0.1) is 5.41 Å². The minimum Gasteiger partial charge on any atom is -0.384 e. The van der Waals surface area contributed by atoms with E-state index < -0.39 is 10.0 Å². The maximum atomic E-state index is 12.3. The first-order chi connectivity index (χ1) is 10.4. The van der Waals surface area contributed by atoms with Gasteiger partial charge >= 0.3 is 0 Å². The Balaban J connectivity index is 0.00000264. The van der Waals surface area contributed by atoms with E-state index in [1.807, 2.05) is 24.3 Å². The second-order valence-electron chi connectivity index (χ2n) is 5.89. The normalized spacial score (nSPS) is 17.5. The highest BCUT2D eigenvalue weighted by Gasteiger charge is 2.33. The van der Waals surface area contributed by atoms with Crippen LogP contribution in [0.25, 0.3) is 0 Å². The van der Waals surface area contributed by atoms with E-state index in [9.17, 15) is 8.42 Å². The van der Waals surface area contributed by atoms with Gasteiger partial charge in [-0.15, -0.1) is 12.4 Å². The van der Waals surface area contributed by atoms with Crippen LogP contribution in [-0.4, -0.2) is 41.8 Å². The molecule has 1 heterocycles. The first-order valence-electron chi connectivity index (χ1n) is 7.36. The second kappa shape index (κ2) is 9.34. The van der Waals surface area contributed by atoms with Crippen LogP contribution in [0.2, 0.25) is 0 Å². The quantitative estimate of drug-likeness (QED) is 0.701. The molecule has 0 spiro atoms. The Morgan fingerprint density at radius 3 is 2.43 bits per heavy atom. The molecule has 5 nitrogen and oxygen atoms in total. The molecular weight excluding hydrogens is 404 g/mol. The molecule has 0 unspecified atom stereocenters. The van der Waals surface area contributed by atoms with Gasteiger partial charge in [0.05, 0.1) is 12.4 Å². The van der Waals surface area contributed by atoms with Gasteiger partial charge in [-0.1, -0.05) is 28.1 Å². The fraction of sp³-hybridized carbons (Fsp3) is 0.600. The van der Waals surface area contributed by atoms with E-state index in [1.165, 1.54) is 0 Å². The Hall–Kier alpha value is -0.180. The lowest BCUT2D eigenvalue weighted by atomic mass is 9.80. The summed E-state index contributed by atoms with van der Waals surface area (Å²) >= 11 is 3.35. The number of sulfonamides is 1. The zero-order valence-corrected chi connectivity index (χ0v) is 16.4. The van der Waals surface area contributed by atoms with Crippen LogP contribution >= 0.6 is 28.3 Å². The van der Waals surface area contributed by atoms with Crippen LogP contribution < -0.4 is 10.0 Å². The molecule has 8 heteroatoms. The molecule has 0 saturated carbocycles. The third kappa shape index (κ3) is 6.68. The number of methoxy groups -OCH3 is 1. The van der Waals surface area contributed by atoms with Crippen LogP contribution in [-0.2, 0) is 20.5 Å². The predicted octanol–water partition coefficient (Wildman–Crippen LogP) is 2.31. The van der Waals surface area contributed by atoms with E-state index in [0.29, 0.717) is 13.2 Å². The number of piperidine rings is 1. The van der Waals surface area contributed by atoms with Crippen molar-refractivity contribution in [1.82, 2.24) is 10.0 Å². The van der Waals surface area contributed by atoms with Crippen molar-refractivity contribution in [3.05, 3.63) is 34.3 Å². The number of benzene rings is 1. The number of ether oxygens (including phenoxy) is 1. The summed E-state index contributed by atoms with van der Waals surface area (Å²) in [6.07, 6.45) is 1.84. The molecular formula is C15H24BrClN2O3S. The molecule has 0 aliphatic carbocycles. The Morgan fingerprint density at radius 1 is 1.26 bits per heavy atom. The summed E-state index contributed by atoms with van der Waals surface area (Å²) < 4.78 is 33.6. The van der Waals surface area contributed by atoms with Gasteiger partial charge in [0.2, 0.25) is 10.0 Å². The first kappa shape index (κ1) is 20.9. The Bertz CT molecular complexity index is 569. The number of halogens is 2. The van der Waals surface area contributed by atoms with Crippen LogP contribution in [0.4, 0.5) is 0 Å². The van der Waals surface area contributed by atoms with Crippen molar-refractivity contribution in [3.63, 3.8) is 0 Å². The molecule has 23 heavy (non-hydrogen) atoms. The van der Waals surface area contributed by atoms with Crippen molar-refractivity contribution in [2.24, 2.45) is 5.41 Å². The van der Waals surface area contributed by atoms with Gasteiger partial charge in [-0.2, -0.15) is 0 Å². The summed E-state index contributed by atoms with van der Waals surface area (Å²) in [5, 5.41) is 3.30. The lowest BCUT2D eigenvalue weighted by molar-refractivity contribution is 0.0577. The summed E-state index contributed by atoms with van der Waals surface area (Å²) in [4.78, 5) is 0. The third-order valence-corrected chi connectivity index (χ3v) is 5.88. The van der Waals surface area contributed by atoms with E-state index >= 15 is 0 Å². The van der Waals surface area contributed by atoms with Gasteiger partial charge < -0.3 is 10.1 Å². The SMILES string of the molecule is COCC1(CNS(=O)(=O)Cc2ccc(Br)cc2)CCNCC1.Cl. The average Bonchev–Trinajstić information content (AvgIpc) is 2.49. The van der Waals surface area contributed by atoms with Gasteiger partial charge in [0, 0.05) is 23.5 Å². The molecule has 1 aromatic rings. The Labute approximate surface area is 153 Å². The van der Waals surface area contributed by atoms with Crippen molar-refractivity contribution >= 4 is 38.4 Å². The topological polar surface area (TPSA) is 67.4 Å². The van der Waals surface area contributed by atoms with Gasteiger partial charge in [-0.25, -0.2) is 13.1 Å². The average molecular weight is 428 g/mol. The molecule has 0 bridgehead atoms. The van der Waals surface area contributed by atoms with Gasteiger partial charge in [0.1, 0.15) is 0 Å². The summed E-state index contributed by atoms with van der Waals surface area (Å²) in [6.45, 7) is 2.81. The van der Waals surface area contributed by atoms with Crippen molar-refractivity contribution < 1.29 is 13.2 Å². The summed E-state index contributed by atoms with van der Waals surface area (Å²) in [7, 11) is -1.68. The minimum absolute atomic E-state index is 0. The highest BCUT2D eigenvalue weighted by atomic mass is 79.9. The molecule has 1 fully saturated rings. The van der Waals surface area contributed by atoms with Gasteiger partial charge in [-0.05, 0) is 43.6 Å². The Kier molecular flexibility index (Phi) is 8.47. The van der Waals surface area contributed by atoms with Crippen molar-refractivity contribution in [2.45, 2.75) is 18.6 Å². The van der Waals surface area contributed by atoms with Crippen molar-refractivity contribution in [1.29, 1.82) is 0 Å². The van der Waals surface area contributed by atoms with Gasteiger partial charge in [-0.3, -0.25) is 0 Å². The van der Waals surface area contributed by atoms with Crippen LogP contribution in [0.1, 0.15) is 18.4 Å². The van der Waals surface area contributed by atoms with Crippen molar-refractivity contribution in [3.8, 4) is 0 Å². The van der Waals surface area contributed by atoms with Crippen LogP contribution in [0.5, 0.6) is 0 Å². The fourth-order valence-electron chi connectivity index (χ4n) is 2.75. The zero-order valence-electron chi connectivity index (χ0n) is 13.2. The van der Waals surface area contributed by atoms with E-state index in [4.69, 9.17) is 4.74 Å². The summed E-state index contributed by atoms with van der Waals surface area (Å²) in [5.74, 6) is 0.00158. The first-order valence-corrected chi connectivity index (χ1v) is 9.81. The van der Waals surface area contributed by atoms with Gasteiger partial charge in [0.15, 0.2) is 0 Å². The molecule has 0 amide bonds. The zero-order chi connectivity index (χ0) is 16.1. The molecule has 1 aliphatic rings. The molecule has 0 radical (unpaired) electrons. The summed E-state index contributed by atoms with van der Waals surface area (Å²) in [6, 6.07) is 7.34. The maximum absolute atomic E-state index is 12.3. The smallest absolute Gasteiger partial charge is 0.215 e. The van der Waals surface area contributed by atoms with E-state index in [1.54, 1.807) is 7.11 Å². The number of hydrogen-bond donors (Lipinski definition) is 2. The molecule has 0 aromatic heterocycles. The lowest BCUT2D eigenvalue weighted by Gasteiger charge is -2.37. The molecule has 0 atom stereocenters. The third-order valence-electron chi connectivity index (χ3n) is 4.05. The number of rotatable bonds is 7. The molecule has 132 valence electrons.